The van der Waals surface area contributed by atoms with Gasteiger partial charge in [0.25, 0.3) is 0 Å². The molecule has 1 aromatic carbocycles. The Hall–Kier alpha value is -3.19. The van der Waals surface area contributed by atoms with E-state index in [1.165, 1.54) is 0 Å². The van der Waals surface area contributed by atoms with Crippen LogP contribution in [-0.4, -0.2) is 32.0 Å². The highest BCUT2D eigenvalue weighted by Crippen LogP contribution is 2.38. The Kier molecular flexibility index (Phi) is 5.81. The molecular weight excluding hydrogens is 394 g/mol. The maximum atomic E-state index is 12.6. The van der Waals surface area contributed by atoms with Gasteiger partial charge in [-0.1, -0.05) is 23.8 Å². The summed E-state index contributed by atoms with van der Waals surface area (Å²) in [5.41, 5.74) is 4.01. The highest BCUT2D eigenvalue weighted by Gasteiger charge is 2.40. The lowest BCUT2D eigenvalue weighted by molar-refractivity contribution is -0.116. The van der Waals surface area contributed by atoms with Crippen molar-refractivity contribution in [3.63, 3.8) is 0 Å². The van der Waals surface area contributed by atoms with E-state index >= 15 is 0 Å². The fourth-order valence-electron chi connectivity index (χ4n) is 3.83. The first-order valence-electron chi connectivity index (χ1n) is 9.99. The average Bonchev–Trinajstić information content (AvgIpc) is 3.31. The zero-order valence-corrected chi connectivity index (χ0v) is 17.9. The first kappa shape index (κ1) is 20.1. The van der Waals surface area contributed by atoms with Crippen molar-refractivity contribution in [1.29, 1.82) is 0 Å². The molecule has 1 aliphatic heterocycles. The molecule has 0 bridgehead atoms. The van der Waals surface area contributed by atoms with Crippen LogP contribution in [0.2, 0.25) is 0 Å². The van der Waals surface area contributed by atoms with Crippen LogP contribution in [0.1, 0.15) is 35.5 Å². The molecule has 2 atom stereocenters. The second-order valence-electron chi connectivity index (χ2n) is 7.53. The van der Waals surface area contributed by atoms with E-state index in [0.717, 1.165) is 22.6 Å². The van der Waals surface area contributed by atoms with Crippen molar-refractivity contribution in [2.45, 2.75) is 25.4 Å². The molecule has 3 aromatic rings. The van der Waals surface area contributed by atoms with Gasteiger partial charge in [0.15, 0.2) is 5.11 Å². The monoisotopic (exact) mass is 419 g/mol. The Balaban J connectivity index is 1.52. The number of nitrogens with zero attached hydrogens (tertiary/aromatic N) is 3. The van der Waals surface area contributed by atoms with Gasteiger partial charge in [0.05, 0.1) is 17.8 Å². The third-order valence-corrected chi connectivity index (χ3v) is 5.75. The molecule has 3 heterocycles. The van der Waals surface area contributed by atoms with Crippen LogP contribution in [0.5, 0.6) is 0 Å². The summed E-state index contributed by atoms with van der Waals surface area (Å²) in [7, 11) is 2.02. The number of amides is 1. The van der Waals surface area contributed by atoms with E-state index in [2.05, 4.69) is 31.2 Å². The Labute approximate surface area is 181 Å². The number of carbonyl (C=O) groups is 1. The Morgan fingerprint density at radius 2 is 1.97 bits per heavy atom. The van der Waals surface area contributed by atoms with E-state index in [9.17, 15) is 4.79 Å². The summed E-state index contributed by atoms with van der Waals surface area (Å²) in [6.07, 6.45) is 4.15. The minimum absolute atomic E-state index is 0.0337. The third kappa shape index (κ3) is 4.21. The summed E-state index contributed by atoms with van der Waals surface area (Å²) < 4.78 is 2.09. The molecule has 0 saturated carbocycles. The van der Waals surface area contributed by atoms with Crippen LogP contribution in [-0.2, 0) is 11.8 Å². The van der Waals surface area contributed by atoms with E-state index in [1.807, 2.05) is 68.7 Å². The van der Waals surface area contributed by atoms with Gasteiger partial charge in [0, 0.05) is 43.8 Å². The van der Waals surface area contributed by atoms with Crippen molar-refractivity contribution in [3.05, 3.63) is 83.9 Å². The number of anilines is 1. The van der Waals surface area contributed by atoms with E-state index in [-0.39, 0.29) is 18.0 Å². The van der Waals surface area contributed by atoms with E-state index in [4.69, 9.17) is 12.2 Å². The molecule has 1 amide bonds. The molecule has 2 aromatic heterocycles. The molecule has 2 N–H and O–H groups in total. The van der Waals surface area contributed by atoms with Gasteiger partial charge in [-0.15, -0.1) is 0 Å². The topological polar surface area (TPSA) is 62.2 Å². The van der Waals surface area contributed by atoms with Gasteiger partial charge < -0.3 is 20.1 Å². The number of hydrogen-bond acceptors (Lipinski definition) is 3. The van der Waals surface area contributed by atoms with Gasteiger partial charge in [-0.2, -0.15) is 0 Å². The first-order chi connectivity index (χ1) is 14.5. The fourth-order valence-corrected chi connectivity index (χ4v) is 4.16. The van der Waals surface area contributed by atoms with Crippen LogP contribution in [0.3, 0.4) is 0 Å². The number of hydrogen-bond donors (Lipinski definition) is 2. The van der Waals surface area contributed by atoms with Crippen LogP contribution < -0.4 is 10.6 Å². The molecule has 0 unspecified atom stereocenters. The van der Waals surface area contributed by atoms with Crippen LogP contribution >= 0.6 is 12.2 Å². The predicted molar refractivity (Wildman–Crippen MR) is 122 cm³/mol. The highest BCUT2D eigenvalue weighted by molar-refractivity contribution is 7.80. The second kappa shape index (κ2) is 8.67. The van der Waals surface area contributed by atoms with Crippen molar-refractivity contribution in [1.82, 2.24) is 19.8 Å². The number of benzene rings is 1. The smallest absolute Gasteiger partial charge is 0.226 e. The van der Waals surface area contributed by atoms with Crippen molar-refractivity contribution >= 4 is 28.9 Å². The fraction of sp³-hybridized carbons (Fsp3) is 0.261. The van der Waals surface area contributed by atoms with Crippen LogP contribution in [0.4, 0.5) is 5.69 Å². The maximum Gasteiger partial charge on any atom is 0.226 e. The number of thiocarbonyl (C=S) groups is 1. The lowest BCUT2D eigenvalue weighted by Gasteiger charge is -2.28. The summed E-state index contributed by atoms with van der Waals surface area (Å²) in [4.78, 5) is 19.2. The summed E-state index contributed by atoms with van der Waals surface area (Å²) in [6, 6.07) is 17.7. The van der Waals surface area contributed by atoms with Crippen LogP contribution in [0.15, 0.2) is 67.0 Å². The number of carbonyl (C=O) groups excluding carboxylic acids is 1. The summed E-state index contributed by atoms with van der Waals surface area (Å²) >= 11 is 5.65. The molecule has 154 valence electrons. The number of aryl methyl sites for hydroxylation is 2. The van der Waals surface area contributed by atoms with E-state index < -0.39 is 0 Å². The summed E-state index contributed by atoms with van der Waals surface area (Å²) in [5, 5.41) is 7.02. The average molecular weight is 420 g/mol. The summed E-state index contributed by atoms with van der Waals surface area (Å²) in [6.45, 7) is 2.54. The molecule has 0 radical (unpaired) electrons. The molecule has 7 heteroatoms. The van der Waals surface area contributed by atoms with Crippen molar-refractivity contribution in [2.24, 2.45) is 7.05 Å². The Morgan fingerprint density at radius 1 is 1.17 bits per heavy atom. The Morgan fingerprint density at radius 3 is 2.63 bits per heavy atom. The second-order valence-corrected chi connectivity index (χ2v) is 7.91. The molecular formula is C23H25N5OS. The Bertz CT molecular complexity index is 1030. The molecule has 0 spiro atoms. The lowest BCUT2D eigenvalue weighted by atomic mass is 10.0. The largest absolute Gasteiger partial charge is 0.353 e. The minimum Gasteiger partial charge on any atom is -0.353 e. The quantitative estimate of drug-likeness (QED) is 0.596. The van der Waals surface area contributed by atoms with Gasteiger partial charge in [0.1, 0.15) is 0 Å². The van der Waals surface area contributed by atoms with Gasteiger partial charge in [-0.25, -0.2) is 0 Å². The lowest BCUT2D eigenvalue weighted by Crippen LogP contribution is -2.33. The van der Waals surface area contributed by atoms with Gasteiger partial charge in [-0.05, 0) is 55.5 Å². The van der Waals surface area contributed by atoms with Gasteiger partial charge in [-0.3, -0.25) is 9.78 Å². The number of pyridine rings is 1. The molecule has 0 aliphatic carbocycles. The molecule has 1 fully saturated rings. The standard InChI is InChI=1S/C23H25N5OS/c1-16-8-10-17(11-9-16)25-20(29)12-15-28-22(19-7-5-14-27(19)2)21(26-23(28)30)18-6-3-4-13-24-18/h3-11,13-14,21-22H,12,15H2,1-2H3,(H,25,29)(H,26,30)/t21-,22-/m1/s1. The van der Waals surface area contributed by atoms with Gasteiger partial charge in [0.2, 0.25) is 5.91 Å². The maximum absolute atomic E-state index is 12.6. The first-order valence-corrected chi connectivity index (χ1v) is 10.4. The van der Waals surface area contributed by atoms with Crippen LogP contribution in [0, 0.1) is 6.92 Å². The minimum atomic E-state index is -0.0764. The van der Waals surface area contributed by atoms with Crippen LogP contribution in [0.25, 0.3) is 0 Å². The molecule has 6 nitrogen and oxygen atoms in total. The van der Waals surface area contributed by atoms with Crippen molar-refractivity contribution in [2.75, 3.05) is 11.9 Å². The number of nitrogens with one attached hydrogen (secondary N) is 2. The zero-order chi connectivity index (χ0) is 21.1. The van der Waals surface area contributed by atoms with Crippen molar-refractivity contribution < 1.29 is 4.79 Å². The van der Waals surface area contributed by atoms with E-state index in [1.54, 1.807) is 6.20 Å². The SMILES string of the molecule is Cc1ccc(NC(=O)CCN2C(=S)N[C@H](c3ccccn3)[C@H]2c2cccn2C)cc1. The normalized spacial score (nSPS) is 18.3. The number of rotatable bonds is 6. The molecule has 1 saturated heterocycles. The van der Waals surface area contributed by atoms with E-state index in [0.29, 0.717) is 18.1 Å². The number of aromatic nitrogens is 2. The molecule has 4 rings (SSSR count). The van der Waals surface area contributed by atoms with Gasteiger partial charge >= 0.3 is 0 Å². The summed E-state index contributed by atoms with van der Waals surface area (Å²) in [5.74, 6) is -0.0337. The zero-order valence-electron chi connectivity index (χ0n) is 17.1. The highest BCUT2D eigenvalue weighted by atomic mass is 32.1. The molecule has 30 heavy (non-hydrogen) atoms. The molecule has 1 aliphatic rings. The predicted octanol–water partition coefficient (Wildman–Crippen LogP) is 3.73. The third-order valence-electron chi connectivity index (χ3n) is 5.40. The van der Waals surface area contributed by atoms with Crippen molar-refractivity contribution in [3.8, 4) is 0 Å².